The van der Waals surface area contributed by atoms with Crippen LogP contribution in [-0.4, -0.2) is 13.1 Å². The zero-order valence-corrected chi connectivity index (χ0v) is 8.03. The first-order valence-electron chi connectivity index (χ1n) is 4.54. The molecule has 0 saturated heterocycles. The lowest BCUT2D eigenvalue weighted by molar-refractivity contribution is 0.617. The van der Waals surface area contributed by atoms with E-state index in [-0.39, 0.29) is 0 Å². The topological polar surface area (TPSA) is 24.1 Å². The summed E-state index contributed by atoms with van der Waals surface area (Å²) in [5, 5.41) is 0. The van der Waals surface area contributed by atoms with Gasteiger partial charge in [-0.15, -0.1) is 6.42 Å². The van der Waals surface area contributed by atoms with E-state index in [1.165, 1.54) is 5.56 Å². The van der Waals surface area contributed by atoms with Crippen molar-refractivity contribution in [3.8, 4) is 12.3 Å². The molecular formula is C12H14N2. The lowest BCUT2D eigenvalue weighted by Gasteiger charge is -1.98. The summed E-state index contributed by atoms with van der Waals surface area (Å²) in [5.74, 6) is 2.48. The highest BCUT2D eigenvalue weighted by Crippen LogP contribution is 1.99. The Bertz CT molecular complexity index is 309. The highest BCUT2D eigenvalue weighted by molar-refractivity contribution is 5.48. The molecule has 0 spiro atoms. The van der Waals surface area contributed by atoms with Crippen molar-refractivity contribution in [1.29, 1.82) is 0 Å². The predicted octanol–water partition coefficient (Wildman–Crippen LogP) is 1.43. The van der Waals surface area contributed by atoms with Crippen LogP contribution in [0.3, 0.4) is 0 Å². The quantitative estimate of drug-likeness (QED) is 0.413. The van der Waals surface area contributed by atoms with Crippen molar-refractivity contribution in [3.05, 3.63) is 42.0 Å². The third kappa shape index (κ3) is 4.46. The molecule has 2 heteroatoms. The maximum atomic E-state index is 5.06. The SMILES string of the molecule is C#CCNNC/C=C/c1ccccc1. The summed E-state index contributed by atoms with van der Waals surface area (Å²) < 4.78 is 0. The fourth-order valence-corrected chi connectivity index (χ4v) is 1.00. The highest BCUT2D eigenvalue weighted by Gasteiger charge is 1.82. The van der Waals surface area contributed by atoms with Gasteiger partial charge in [0.2, 0.25) is 0 Å². The molecule has 1 aromatic carbocycles. The van der Waals surface area contributed by atoms with Crippen molar-refractivity contribution in [3.63, 3.8) is 0 Å². The Morgan fingerprint density at radius 2 is 2.00 bits per heavy atom. The van der Waals surface area contributed by atoms with Gasteiger partial charge in [0.15, 0.2) is 0 Å². The fourth-order valence-electron chi connectivity index (χ4n) is 1.00. The van der Waals surface area contributed by atoms with Gasteiger partial charge in [0.05, 0.1) is 6.54 Å². The number of terminal acetylenes is 1. The molecule has 72 valence electrons. The molecule has 14 heavy (non-hydrogen) atoms. The van der Waals surface area contributed by atoms with Crippen LogP contribution in [0, 0.1) is 12.3 Å². The molecule has 0 radical (unpaired) electrons. The predicted molar refractivity (Wildman–Crippen MR) is 60.3 cm³/mol. The molecule has 2 nitrogen and oxygen atoms in total. The Morgan fingerprint density at radius 1 is 1.21 bits per heavy atom. The summed E-state index contributed by atoms with van der Waals surface area (Å²) in [6.45, 7) is 1.30. The van der Waals surface area contributed by atoms with Crippen molar-refractivity contribution >= 4 is 6.08 Å². The average molecular weight is 186 g/mol. The average Bonchev–Trinajstić information content (AvgIpc) is 2.25. The summed E-state index contributed by atoms with van der Waals surface area (Å²) in [5.41, 5.74) is 7.06. The van der Waals surface area contributed by atoms with Gasteiger partial charge in [-0.05, 0) is 5.56 Å². The molecule has 0 aromatic heterocycles. The lowest BCUT2D eigenvalue weighted by atomic mass is 10.2. The molecule has 0 fully saturated rings. The number of benzene rings is 1. The normalized spacial score (nSPS) is 10.2. The van der Waals surface area contributed by atoms with Crippen LogP contribution in [-0.2, 0) is 0 Å². The molecule has 0 aliphatic rings. The van der Waals surface area contributed by atoms with Crippen LogP contribution in [0.5, 0.6) is 0 Å². The molecule has 0 heterocycles. The minimum Gasteiger partial charge on any atom is -0.253 e. The molecule has 1 rings (SSSR count). The van der Waals surface area contributed by atoms with Gasteiger partial charge in [-0.2, -0.15) is 0 Å². The van der Waals surface area contributed by atoms with Crippen LogP contribution in [0.15, 0.2) is 36.4 Å². The smallest absolute Gasteiger partial charge is 0.0709 e. The van der Waals surface area contributed by atoms with Crippen LogP contribution in [0.4, 0.5) is 0 Å². The lowest BCUT2D eigenvalue weighted by Crippen LogP contribution is -2.31. The molecule has 0 bridgehead atoms. The molecular weight excluding hydrogens is 172 g/mol. The minimum absolute atomic E-state index is 0.541. The summed E-state index contributed by atoms with van der Waals surface area (Å²) in [4.78, 5) is 0. The van der Waals surface area contributed by atoms with Gasteiger partial charge in [0.25, 0.3) is 0 Å². The Balaban J connectivity index is 2.19. The zero-order chi connectivity index (χ0) is 10.1. The first-order valence-corrected chi connectivity index (χ1v) is 4.54. The number of hydrogen-bond acceptors (Lipinski definition) is 2. The monoisotopic (exact) mass is 186 g/mol. The van der Waals surface area contributed by atoms with Crippen molar-refractivity contribution in [2.45, 2.75) is 0 Å². The Morgan fingerprint density at radius 3 is 2.71 bits per heavy atom. The zero-order valence-electron chi connectivity index (χ0n) is 8.03. The van der Waals surface area contributed by atoms with E-state index in [0.29, 0.717) is 6.54 Å². The van der Waals surface area contributed by atoms with Crippen LogP contribution < -0.4 is 10.9 Å². The Labute approximate surface area is 85.0 Å². The van der Waals surface area contributed by atoms with Gasteiger partial charge in [-0.3, -0.25) is 5.43 Å². The minimum atomic E-state index is 0.541. The van der Waals surface area contributed by atoms with Crippen molar-refractivity contribution in [2.24, 2.45) is 0 Å². The molecule has 0 aliphatic heterocycles. The molecule has 0 saturated carbocycles. The van der Waals surface area contributed by atoms with E-state index in [9.17, 15) is 0 Å². The van der Waals surface area contributed by atoms with Gasteiger partial charge >= 0.3 is 0 Å². The van der Waals surface area contributed by atoms with Crippen LogP contribution >= 0.6 is 0 Å². The van der Waals surface area contributed by atoms with E-state index in [0.717, 1.165) is 6.54 Å². The molecule has 2 N–H and O–H groups in total. The standard InChI is InChI=1S/C12H14N2/c1-2-10-13-14-11-6-9-12-7-4-3-5-8-12/h1,3-9,13-14H,10-11H2/b9-6+. The largest absolute Gasteiger partial charge is 0.253 e. The van der Waals surface area contributed by atoms with E-state index >= 15 is 0 Å². The van der Waals surface area contributed by atoms with Gasteiger partial charge in [-0.25, -0.2) is 5.43 Å². The van der Waals surface area contributed by atoms with Crippen LogP contribution in [0.1, 0.15) is 5.56 Å². The van der Waals surface area contributed by atoms with Gasteiger partial charge < -0.3 is 0 Å². The summed E-state index contributed by atoms with van der Waals surface area (Å²) in [7, 11) is 0. The maximum Gasteiger partial charge on any atom is 0.0709 e. The molecule has 0 amide bonds. The molecule has 0 aliphatic carbocycles. The summed E-state index contributed by atoms with van der Waals surface area (Å²) >= 11 is 0. The van der Waals surface area contributed by atoms with Crippen LogP contribution in [0.2, 0.25) is 0 Å². The van der Waals surface area contributed by atoms with Crippen molar-refractivity contribution in [1.82, 2.24) is 10.9 Å². The van der Waals surface area contributed by atoms with Gasteiger partial charge in [0.1, 0.15) is 0 Å². The number of rotatable bonds is 5. The van der Waals surface area contributed by atoms with E-state index in [4.69, 9.17) is 6.42 Å². The third-order valence-corrected chi connectivity index (χ3v) is 1.65. The second kappa shape index (κ2) is 6.90. The number of hydrazine groups is 1. The maximum absolute atomic E-state index is 5.06. The van der Waals surface area contributed by atoms with Gasteiger partial charge in [-0.1, -0.05) is 48.4 Å². The Kier molecular flexibility index (Phi) is 5.19. The summed E-state index contributed by atoms with van der Waals surface area (Å²) in [6, 6.07) is 10.2. The van der Waals surface area contributed by atoms with E-state index in [1.807, 2.05) is 24.3 Å². The van der Waals surface area contributed by atoms with Crippen LogP contribution in [0.25, 0.3) is 6.08 Å². The van der Waals surface area contributed by atoms with E-state index in [1.54, 1.807) is 0 Å². The molecule has 0 unspecified atom stereocenters. The number of nitrogens with one attached hydrogen (secondary N) is 2. The second-order valence-electron chi connectivity index (χ2n) is 2.75. The fraction of sp³-hybridized carbons (Fsp3) is 0.167. The first kappa shape index (κ1) is 10.5. The Hall–Kier alpha value is -1.56. The highest BCUT2D eigenvalue weighted by atomic mass is 15.3. The molecule has 1 aromatic rings. The third-order valence-electron chi connectivity index (χ3n) is 1.65. The first-order chi connectivity index (χ1) is 6.93. The van der Waals surface area contributed by atoms with E-state index < -0.39 is 0 Å². The number of hydrogen-bond donors (Lipinski definition) is 2. The summed E-state index contributed by atoms with van der Waals surface area (Å²) in [6.07, 6.45) is 9.16. The molecule has 0 atom stereocenters. The van der Waals surface area contributed by atoms with Crippen molar-refractivity contribution in [2.75, 3.05) is 13.1 Å². The van der Waals surface area contributed by atoms with E-state index in [2.05, 4.69) is 35.0 Å². The van der Waals surface area contributed by atoms with Gasteiger partial charge in [0, 0.05) is 6.54 Å². The van der Waals surface area contributed by atoms with Crippen molar-refractivity contribution < 1.29 is 0 Å². The second-order valence-corrected chi connectivity index (χ2v) is 2.75.